The van der Waals surface area contributed by atoms with Crippen LogP contribution >= 0.6 is 0 Å². The van der Waals surface area contributed by atoms with Crippen LogP contribution in [0.2, 0.25) is 0 Å². The van der Waals surface area contributed by atoms with Gasteiger partial charge in [-0.3, -0.25) is 0 Å². The summed E-state index contributed by atoms with van der Waals surface area (Å²) in [5.74, 6) is -1.07. The van der Waals surface area contributed by atoms with E-state index < -0.39 is 11.8 Å². The molecule has 0 aliphatic heterocycles. The van der Waals surface area contributed by atoms with Crippen molar-refractivity contribution in [2.24, 2.45) is 0 Å². The first kappa shape index (κ1) is 13.9. The summed E-state index contributed by atoms with van der Waals surface area (Å²) in [5, 5.41) is 11.9. The van der Waals surface area contributed by atoms with E-state index in [1.54, 1.807) is 19.2 Å². The van der Waals surface area contributed by atoms with E-state index in [0.29, 0.717) is 12.3 Å². The lowest BCUT2D eigenvalue weighted by Crippen LogP contribution is -2.08. The number of carboxylic acid groups (broad SMARTS) is 1. The molecule has 0 spiro atoms. The van der Waals surface area contributed by atoms with Crippen LogP contribution in [-0.4, -0.2) is 18.2 Å². The number of halogens is 1. The van der Waals surface area contributed by atoms with Gasteiger partial charge in [0.2, 0.25) is 0 Å². The number of aromatic carboxylic acids is 1. The normalized spacial score (nSPS) is 10.1. The van der Waals surface area contributed by atoms with Gasteiger partial charge in [0.1, 0.15) is 11.6 Å². The fourth-order valence-electron chi connectivity index (χ4n) is 1.85. The summed E-state index contributed by atoms with van der Waals surface area (Å²) in [4.78, 5) is 11.1. The van der Waals surface area contributed by atoms with E-state index in [2.05, 4.69) is 5.32 Å². The molecule has 20 heavy (non-hydrogen) atoms. The van der Waals surface area contributed by atoms with Gasteiger partial charge < -0.3 is 15.2 Å². The van der Waals surface area contributed by atoms with Gasteiger partial charge >= 0.3 is 5.97 Å². The average Bonchev–Trinajstić information content (AvgIpc) is 2.45. The summed E-state index contributed by atoms with van der Waals surface area (Å²) in [6.07, 6.45) is 0. The van der Waals surface area contributed by atoms with Crippen LogP contribution in [0.4, 0.5) is 10.1 Å². The molecule has 0 atom stereocenters. The van der Waals surface area contributed by atoms with Gasteiger partial charge in [0, 0.05) is 6.54 Å². The zero-order valence-corrected chi connectivity index (χ0v) is 10.9. The molecule has 0 saturated heterocycles. The van der Waals surface area contributed by atoms with Crippen molar-refractivity contribution >= 4 is 11.7 Å². The van der Waals surface area contributed by atoms with E-state index >= 15 is 0 Å². The number of methoxy groups -OCH3 is 1. The van der Waals surface area contributed by atoms with Crippen molar-refractivity contribution in [3.05, 3.63) is 59.4 Å². The molecule has 5 heteroatoms. The highest BCUT2D eigenvalue weighted by Crippen LogP contribution is 2.21. The van der Waals surface area contributed by atoms with E-state index in [9.17, 15) is 9.18 Å². The lowest BCUT2D eigenvalue weighted by Gasteiger charge is -2.11. The molecule has 0 unspecified atom stereocenters. The number of carbonyl (C=O) groups is 1. The fourth-order valence-corrected chi connectivity index (χ4v) is 1.85. The highest BCUT2D eigenvalue weighted by atomic mass is 19.1. The summed E-state index contributed by atoms with van der Waals surface area (Å²) < 4.78 is 18.8. The van der Waals surface area contributed by atoms with Crippen LogP contribution in [0.1, 0.15) is 15.9 Å². The molecule has 0 heterocycles. The second-order valence-corrected chi connectivity index (χ2v) is 4.17. The maximum absolute atomic E-state index is 13.7. The minimum atomic E-state index is -1.17. The highest BCUT2D eigenvalue weighted by molar-refractivity contribution is 5.94. The molecule has 0 saturated carbocycles. The summed E-state index contributed by atoms with van der Waals surface area (Å²) >= 11 is 0. The van der Waals surface area contributed by atoms with Crippen LogP contribution in [0.3, 0.4) is 0 Å². The van der Waals surface area contributed by atoms with Gasteiger partial charge in [0.05, 0.1) is 18.4 Å². The number of rotatable bonds is 5. The minimum absolute atomic E-state index is 0.0113. The number of anilines is 1. The van der Waals surface area contributed by atoms with Gasteiger partial charge in [0.25, 0.3) is 0 Å². The van der Waals surface area contributed by atoms with Gasteiger partial charge in [-0.25, -0.2) is 9.18 Å². The number of para-hydroxylation sites is 1. The number of ether oxygens (including phenoxy) is 1. The Bertz CT molecular complexity index is 628. The third-order valence-electron chi connectivity index (χ3n) is 2.85. The Morgan fingerprint density at radius 2 is 2.05 bits per heavy atom. The highest BCUT2D eigenvalue weighted by Gasteiger charge is 2.13. The number of hydrogen-bond acceptors (Lipinski definition) is 3. The molecule has 104 valence electrons. The Morgan fingerprint density at radius 3 is 2.75 bits per heavy atom. The Morgan fingerprint density at radius 1 is 1.30 bits per heavy atom. The second kappa shape index (κ2) is 6.06. The fraction of sp³-hybridized carbons (Fsp3) is 0.133. The predicted octanol–water partition coefficient (Wildman–Crippen LogP) is 3.14. The van der Waals surface area contributed by atoms with Crippen molar-refractivity contribution in [1.82, 2.24) is 0 Å². The van der Waals surface area contributed by atoms with Gasteiger partial charge in [-0.1, -0.05) is 18.2 Å². The van der Waals surface area contributed by atoms with Gasteiger partial charge in [0.15, 0.2) is 0 Å². The van der Waals surface area contributed by atoms with Crippen molar-refractivity contribution < 1.29 is 19.0 Å². The van der Waals surface area contributed by atoms with Gasteiger partial charge in [-0.05, 0) is 29.8 Å². The largest absolute Gasteiger partial charge is 0.497 e. The topological polar surface area (TPSA) is 58.6 Å². The SMILES string of the molecule is COc1cccc(CNc2c(F)cccc2C(=O)O)c1. The van der Waals surface area contributed by atoms with Crippen molar-refractivity contribution in [3.8, 4) is 5.75 Å². The summed E-state index contributed by atoms with van der Waals surface area (Å²) in [6, 6.07) is 11.2. The first-order valence-electron chi connectivity index (χ1n) is 6.00. The minimum Gasteiger partial charge on any atom is -0.497 e. The van der Waals surface area contributed by atoms with Crippen LogP contribution in [0.5, 0.6) is 5.75 Å². The number of benzene rings is 2. The molecule has 0 amide bonds. The first-order valence-corrected chi connectivity index (χ1v) is 6.00. The van der Waals surface area contributed by atoms with Gasteiger partial charge in [-0.15, -0.1) is 0 Å². The Kier molecular flexibility index (Phi) is 4.20. The second-order valence-electron chi connectivity index (χ2n) is 4.17. The molecular formula is C15H14FNO3. The maximum atomic E-state index is 13.7. The number of nitrogens with one attached hydrogen (secondary N) is 1. The number of carboxylic acids is 1. The summed E-state index contributed by atoms with van der Waals surface area (Å²) in [5.41, 5.74) is 0.764. The van der Waals surface area contributed by atoms with E-state index in [4.69, 9.17) is 9.84 Å². The quantitative estimate of drug-likeness (QED) is 0.880. The van der Waals surface area contributed by atoms with Crippen LogP contribution in [-0.2, 0) is 6.54 Å². The zero-order chi connectivity index (χ0) is 14.5. The Labute approximate surface area is 115 Å². The zero-order valence-electron chi connectivity index (χ0n) is 10.9. The molecule has 2 rings (SSSR count). The van der Waals surface area contributed by atoms with Crippen LogP contribution < -0.4 is 10.1 Å². The standard InChI is InChI=1S/C15H14FNO3/c1-20-11-5-2-4-10(8-11)9-17-14-12(15(18)19)6-3-7-13(14)16/h2-8,17H,9H2,1H3,(H,18,19). The Balaban J connectivity index is 2.20. The third-order valence-corrected chi connectivity index (χ3v) is 2.85. The molecule has 0 aromatic heterocycles. The lowest BCUT2D eigenvalue weighted by molar-refractivity contribution is 0.0697. The van der Waals surface area contributed by atoms with E-state index in [-0.39, 0.29) is 11.3 Å². The molecule has 0 fully saturated rings. The van der Waals surface area contributed by atoms with Crippen molar-refractivity contribution in [3.63, 3.8) is 0 Å². The summed E-state index contributed by atoms with van der Waals surface area (Å²) in [7, 11) is 1.56. The molecule has 0 aliphatic carbocycles. The van der Waals surface area contributed by atoms with Crippen LogP contribution in [0.25, 0.3) is 0 Å². The molecule has 4 nitrogen and oxygen atoms in total. The maximum Gasteiger partial charge on any atom is 0.337 e. The first-order chi connectivity index (χ1) is 9.61. The van der Waals surface area contributed by atoms with Gasteiger partial charge in [-0.2, -0.15) is 0 Å². The van der Waals surface area contributed by atoms with Crippen molar-refractivity contribution in [2.45, 2.75) is 6.54 Å². The molecule has 2 aromatic carbocycles. The predicted molar refractivity (Wildman–Crippen MR) is 73.7 cm³/mol. The molecule has 2 N–H and O–H groups in total. The van der Waals surface area contributed by atoms with Crippen LogP contribution in [0.15, 0.2) is 42.5 Å². The average molecular weight is 275 g/mol. The van der Waals surface area contributed by atoms with Crippen LogP contribution in [0, 0.1) is 5.82 Å². The van der Waals surface area contributed by atoms with E-state index in [1.807, 2.05) is 12.1 Å². The van der Waals surface area contributed by atoms with E-state index in [0.717, 1.165) is 5.56 Å². The smallest absolute Gasteiger partial charge is 0.337 e. The van der Waals surface area contributed by atoms with Crippen molar-refractivity contribution in [1.29, 1.82) is 0 Å². The third kappa shape index (κ3) is 3.06. The van der Waals surface area contributed by atoms with E-state index in [1.165, 1.54) is 18.2 Å². The Hall–Kier alpha value is -2.56. The monoisotopic (exact) mass is 275 g/mol. The molecule has 0 radical (unpaired) electrons. The lowest BCUT2D eigenvalue weighted by atomic mass is 10.1. The molecule has 2 aromatic rings. The summed E-state index contributed by atoms with van der Waals surface area (Å²) in [6.45, 7) is 0.304. The molecule has 0 aliphatic rings. The van der Waals surface area contributed by atoms with Crippen molar-refractivity contribution in [2.75, 3.05) is 12.4 Å². The molecule has 0 bridgehead atoms. The molecular weight excluding hydrogens is 261 g/mol. The number of hydrogen-bond donors (Lipinski definition) is 2.